The van der Waals surface area contributed by atoms with E-state index in [-0.39, 0.29) is 37.8 Å². The summed E-state index contributed by atoms with van der Waals surface area (Å²) in [4.78, 5) is 36.9. The van der Waals surface area contributed by atoms with Crippen molar-refractivity contribution in [3.8, 4) is 0 Å². The molecule has 2 amide bonds. The second kappa shape index (κ2) is 15.2. The molecule has 1 aromatic carbocycles. The molecule has 0 aliphatic heterocycles. The summed E-state index contributed by atoms with van der Waals surface area (Å²) in [5.74, 6) is -1.24. The summed E-state index contributed by atoms with van der Waals surface area (Å²) in [6.45, 7) is 5.17. The van der Waals surface area contributed by atoms with Crippen molar-refractivity contribution in [3.63, 3.8) is 0 Å². The molecule has 0 unspecified atom stereocenters. The number of carbonyl (C=O) groups excluding carboxylic acids is 2. The van der Waals surface area contributed by atoms with Gasteiger partial charge in [0.1, 0.15) is 23.6 Å². The molecule has 37 heavy (non-hydrogen) atoms. The molecule has 0 aliphatic carbocycles. The van der Waals surface area contributed by atoms with Crippen LogP contribution >= 0.6 is 0 Å². The number of anilines is 3. The highest BCUT2D eigenvalue weighted by molar-refractivity contribution is 5.88. The van der Waals surface area contributed by atoms with E-state index >= 15 is 0 Å². The van der Waals surface area contributed by atoms with Gasteiger partial charge in [-0.2, -0.15) is 0 Å². The molecule has 1 heterocycles. The van der Waals surface area contributed by atoms with Crippen LogP contribution < -0.4 is 21.7 Å². The first-order valence-electron chi connectivity index (χ1n) is 11.4. The molecule has 13 heteroatoms. The molecule has 0 spiro atoms. The van der Waals surface area contributed by atoms with Crippen LogP contribution in [0.25, 0.3) is 0 Å². The number of benzene rings is 1. The van der Waals surface area contributed by atoms with E-state index in [1.165, 1.54) is 26.0 Å². The number of aliphatic hydroxyl groups is 2. The molecule has 2 rings (SSSR count). The zero-order valence-corrected chi connectivity index (χ0v) is 21.0. The van der Waals surface area contributed by atoms with Gasteiger partial charge in [-0.3, -0.25) is 14.9 Å². The van der Waals surface area contributed by atoms with Gasteiger partial charge in [0.25, 0.3) is 0 Å². The van der Waals surface area contributed by atoms with Gasteiger partial charge in [-0.15, -0.1) is 0 Å². The third kappa shape index (κ3) is 11.5. The first-order chi connectivity index (χ1) is 17.4. The maximum Gasteiger partial charge on any atom is 0.411 e. The third-order valence-corrected chi connectivity index (χ3v) is 4.86. The number of nitrogens with one attached hydrogen (secondary N) is 3. The van der Waals surface area contributed by atoms with E-state index < -0.39 is 29.5 Å². The Balaban J connectivity index is 0.000000401. The number of nitrogens with zero attached hydrogens (tertiary/aromatic N) is 1. The van der Waals surface area contributed by atoms with Crippen LogP contribution in [0, 0.1) is 11.2 Å². The Hall–Kier alpha value is -3.97. The smallest absolute Gasteiger partial charge is 0.411 e. The topological polar surface area (TPSA) is 196 Å². The highest BCUT2D eigenvalue weighted by atomic mass is 19.1. The summed E-state index contributed by atoms with van der Waals surface area (Å²) in [7, 11) is 0. The van der Waals surface area contributed by atoms with Gasteiger partial charge >= 0.3 is 12.1 Å². The number of nitrogen functional groups attached to an aromatic ring is 1. The minimum absolute atomic E-state index is 0.0350. The fourth-order valence-corrected chi connectivity index (χ4v) is 2.58. The van der Waals surface area contributed by atoms with E-state index in [4.69, 9.17) is 20.7 Å². The Morgan fingerprint density at radius 3 is 2.35 bits per heavy atom. The number of carboxylic acid groups (broad SMARTS) is 1. The number of aliphatic carboxylic acids is 1. The van der Waals surface area contributed by atoms with Crippen molar-refractivity contribution in [1.29, 1.82) is 0 Å². The molecule has 204 valence electrons. The summed E-state index contributed by atoms with van der Waals surface area (Å²) in [5.41, 5.74) is 6.14. The van der Waals surface area contributed by atoms with Crippen LogP contribution in [0.5, 0.6) is 0 Å². The summed E-state index contributed by atoms with van der Waals surface area (Å²) in [6, 6.07) is 9.47. The number of carbonyl (C=O) groups is 3. The van der Waals surface area contributed by atoms with Crippen molar-refractivity contribution in [3.05, 3.63) is 47.8 Å². The van der Waals surface area contributed by atoms with E-state index in [9.17, 15) is 23.9 Å². The number of aliphatic hydroxyl groups excluding tert-OH is 2. The number of hydrogen-bond acceptors (Lipinski definition) is 9. The summed E-state index contributed by atoms with van der Waals surface area (Å²) in [5, 5.41) is 34.5. The standard InChI is InChI=1S/C15H17FN4O2.C9H17NO5/c1-2-22-15(21)19-12-7-8-13(20-14(12)17)18-9-10-3-5-11(16)6-4-10;1-9(2,5-11)7(14)8(15)10-4-3-6(12)13/h3-8H,2,9H2,1H3,(H,19,21)(H3,17,18,20);7,11,14H,3-5H2,1-2H3,(H,10,15)(H,12,13)/t;7-/m.0/s1. The minimum atomic E-state index is -1.35. The third-order valence-electron chi connectivity index (χ3n) is 4.86. The number of aromatic nitrogens is 1. The quantitative estimate of drug-likeness (QED) is 0.229. The SMILES string of the molecule is CC(C)(CO)[C@@H](O)C(=O)NCCC(=O)O.CCOC(=O)Nc1ccc(NCc2ccc(F)cc2)nc1N. The Morgan fingerprint density at radius 2 is 1.81 bits per heavy atom. The first kappa shape index (κ1) is 31.1. The number of ether oxygens (including phenoxy) is 1. The summed E-state index contributed by atoms with van der Waals surface area (Å²) < 4.78 is 17.6. The number of halogens is 1. The van der Waals surface area contributed by atoms with Gasteiger partial charge in [-0.25, -0.2) is 14.2 Å². The number of rotatable bonds is 11. The van der Waals surface area contributed by atoms with Crippen molar-refractivity contribution in [2.45, 2.75) is 39.8 Å². The molecule has 1 atom stereocenters. The molecule has 0 saturated carbocycles. The lowest BCUT2D eigenvalue weighted by molar-refractivity contribution is -0.138. The highest BCUT2D eigenvalue weighted by Gasteiger charge is 2.32. The van der Waals surface area contributed by atoms with Crippen molar-refractivity contribution in [2.75, 3.05) is 36.1 Å². The predicted molar refractivity (Wildman–Crippen MR) is 135 cm³/mol. The lowest BCUT2D eigenvalue weighted by atomic mass is 9.87. The van der Waals surface area contributed by atoms with Crippen LogP contribution in [0.1, 0.15) is 32.8 Å². The number of carboxylic acids is 1. The van der Waals surface area contributed by atoms with Gasteiger partial charge in [-0.05, 0) is 36.8 Å². The molecule has 12 nitrogen and oxygen atoms in total. The monoisotopic (exact) mass is 523 g/mol. The van der Waals surface area contributed by atoms with Crippen molar-refractivity contribution >= 4 is 35.3 Å². The Bertz CT molecular complexity index is 1030. The largest absolute Gasteiger partial charge is 0.481 e. The van der Waals surface area contributed by atoms with Gasteiger partial charge in [0, 0.05) is 18.5 Å². The average molecular weight is 524 g/mol. The second-order valence-corrected chi connectivity index (χ2v) is 8.44. The normalized spacial score (nSPS) is 11.4. The fraction of sp³-hybridized carbons (Fsp3) is 0.417. The van der Waals surface area contributed by atoms with Crippen molar-refractivity contribution in [1.82, 2.24) is 10.3 Å². The molecule has 0 bridgehead atoms. The maximum atomic E-state index is 12.8. The van der Waals surface area contributed by atoms with Crippen LogP contribution in [0.15, 0.2) is 36.4 Å². The molecule has 1 aromatic heterocycles. The number of pyridine rings is 1. The zero-order valence-electron chi connectivity index (χ0n) is 21.0. The molecule has 0 fully saturated rings. The number of amides is 2. The van der Waals surface area contributed by atoms with Crippen LogP contribution in [-0.2, 0) is 20.9 Å². The molecule has 0 aliphatic rings. The number of nitrogens with two attached hydrogens (primary N) is 1. The second-order valence-electron chi connectivity index (χ2n) is 8.44. The van der Waals surface area contributed by atoms with Gasteiger partial charge in [0.2, 0.25) is 5.91 Å². The van der Waals surface area contributed by atoms with E-state index in [2.05, 4.69) is 20.9 Å². The van der Waals surface area contributed by atoms with Crippen LogP contribution in [0.2, 0.25) is 0 Å². The zero-order chi connectivity index (χ0) is 28.0. The lowest BCUT2D eigenvalue weighted by Gasteiger charge is -2.26. The average Bonchev–Trinajstić information content (AvgIpc) is 2.85. The van der Waals surface area contributed by atoms with Gasteiger partial charge in [0.05, 0.1) is 25.3 Å². The number of hydrogen-bond donors (Lipinski definition) is 7. The Labute approximate surface area is 214 Å². The van der Waals surface area contributed by atoms with Crippen LogP contribution in [0.3, 0.4) is 0 Å². The van der Waals surface area contributed by atoms with Crippen molar-refractivity contribution in [2.24, 2.45) is 5.41 Å². The molecule has 0 saturated heterocycles. The van der Waals surface area contributed by atoms with Crippen molar-refractivity contribution < 1.29 is 38.8 Å². The van der Waals surface area contributed by atoms with Gasteiger partial charge in [0.15, 0.2) is 0 Å². The van der Waals surface area contributed by atoms with Gasteiger partial charge < -0.3 is 36.4 Å². The minimum Gasteiger partial charge on any atom is -0.481 e. The highest BCUT2D eigenvalue weighted by Crippen LogP contribution is 2.20. The molecule has 0 radical (unpaired) electrons. The lowest BCUT2D eigenvalue weighted by Crippen LogP contribution is -2.45. The van der Waals surface area contributed by atoms with Crippen LogP contribution in [-0.4, -0.2) is 64.1 Å². The molecular weight excluding hydrogens is 489 g/mol. The molecule has 2 aromatic rings. The Kier molecular flexibility index (Phi) is 12.8. The fourth-order valence-electron chi connectivity index (χ4n) is 2.58. The van der Waals surface area contributed by atoms with E-state index in [0.717, 1.165) is 5.56 Å². The Morgan fingerprint density at radius 1 is 1.16 bits per heavy atom. The predicted octanol–water partition coefficient (Wildman–Crippen LogP) is 1.94. The van der Waals surface area contributed by atoms with Crippen LogP contribution in [0.4, 0.5) is 26.5 Å². The van der Waals surface area contributed by atoms with Gasteiger partial charge in [-0.1, -0.05) is 26.0 Å². The molecule has 8 N–H and O–H groups in total. The summed E-state index contributed by atoms with van der Waals surface area (Å²) >= 11 is 0. The van der Waals surface area contributed by atoms with E-state index in [1.54, 1.807) is 31.2 Å². The first-order valence-corrected chi connectivity index (χ1v) is 11.4. The van der Waals surface area contributed by atoms with E-state index in [1.807, 2.05) is 0 Å². The van der Waals surface area contributed by atoms with E-state index in [0.29, 0.717) is 18.1 Å². The maximum absolute atomic E-state index is 12.8. The molecular formula is C24H34FN5O7. The summed E-state index contributed by atoms with van der Waals surface area (Å²) in [6.07, 6.45) is -2.13.